The van der Waals surface area contributed by atoms with Gasteiger partial charge in [0.25, 0.3) is 0 Å². The van der Waals surface area contributed by atoms with Crippen LogP contribution < -0.4 is 10.6 Å². The fraction of sp³-hybridized carbons (Fsp3) is 0.400. The number of hydrogen-bond acceptors (Lipinski definition) is 4. The topological polar surface area (TPSA) is 37.0 Å². The zero-order valence-electron chi connectivity index (χ0n) is 11.1. The Kier molecular flexibility index (Phi) is 3.92. The molecule has 0 saturated heterocycles. The van der Waals surface area contributed by atoms with Gasteiger partial charge >= 0.3 is 0 Å². The second-order valence-corrected chi connectivity index (χ2v) is 5.89. The van der Waals surface area contributed by atoms with Gasteiger partial charge in [0.05, 0.1) is 11.2 Å². The summed E-state index contributed by atoms with van der Waals surface area (Å²) in [6.45, 7) is 5.02. The van der Waals surface area contributed by atoms with Crippen LogP contribution in [0.4, 0.5) is 0 Å². The molecule has 2 N–H and O–H groups in total. The largest absolute Gasteiger partial charge is 0.310 e. The van der Waals surface area contributed by atoms with E-state index in [4.69, 9.17) is 0 Å². The summed E-state index contributed by atoms with van der Waals surface area (Å²) in [7, 11) is 0. The van der Waals surface area contributed by atoms with Gasteiger partial charge in [0.2, 0.25) is 0 Å². The Morgan fingerprint density at radius 3 is 3.16 bits per heavy atom. The first-order valence-electron chi connectivity index (χ1n) is 6.75. The Morgan fingerprint density at radius 2 is 2.32 bits per heavy atom. The summed E-state index contributed by atoms with van der Waals surface area (Å²) in [6.07, 6.45) is 1.14. The number of aromatic nitrogens is 1. The van der Waals surface area contributed by atoms with Crippen LogP contribution in [0, 0.1) is 6.92 Å². The first-order valence-corrected chi connectivity index (χ1v) is 7.63. The van der Waals surface area contributed by atoms with E-state index in [1.165, 1.54) is 16.0 Å². The highest BCUT2D eigenvalue weighted by molar-refractivity contribution is 7.09. The summed E-state index contributed by atoms with van der Waals surface area (Å²) >= 11 is 1.73. The molecule has 0 amide bonds. The average molecular weight is 273 g/mol. The molecular weight excluding hydrogens is 254 g/mol. The fourth-order valence-electron chi connectivity index (χ4n) is 2.60. The van der Waals surface area contributed by atoms with E-state index in [1.807, 2.05) is 5.51 Å². The number of nitrogens with zero attached hydrogens (tertiary/aromatic N) is 1. The van der Waals surface area contributed by atoms with Crippen molar-refractivity contribution in [2.24, 2.45) is 0 Å². The maximum absolute atomic E-state index is 4.28. The molecule has 19 heavy (non-hydrogen) atoms. The fourth-order valence-corrected chi connectivity index (χ4v) is 3.35. The van der Waals surface area contributed by atoms with Gasteiger partial charge < -0.3 is 10.6 Å². The van der Waals surface area contributed by atoms with Crippen LogP contribution >= 0.6 is 11.3 Å². The molecule has 1 aromatic carbocycles. The van der Waals surface area contributed by atoms with Crippen molar-refractivity contribution in [1.82, 2.24) is 15.6 Å². The highest BCUT2D eigenvalue weighted by atomic mass is 32.1. The summed E-state index contributed by atoms with van der Waals surface area (Å²) in [6, 6.07) is 9.18. The third-order valence-corrected chi connectivity index (χ3v) is 4.63. The molecule has 1 unspecified atom stereocenters. The molecule has 0 fully saturated rings. The second-order valence-electron chi connectivity index (χ2n) is 4.95. The molecule has 1 aromatic heterocycles. The lowest BCUT2D eigenvalue weighted by Crippen LogP contribution is -2.36. The number of fused-ring (bicyclic) bond motifs is 1. The minimum Gasteiger partial charge on any atom is -0.310 e. The highest BCUT2D eigenvalue weighted by Crippen LogP contribution is 2.22. The third kappa shape index (κ3) is 2.86. The number of thiazole rings is 1. The quantitative estimate of drug-likeness (QED) is 0.898. The molecule has 0 spiro atoms. The zero-order chi connectivity index (χ0) is 13.1. The van der Waals surface area contributed by atoms with Gasteiger partial charge in [0.1, 0.15) is 0 Å². The maximum atomic E-state index is 4.28. The molecule has 1 aliphatic heterocycles. The number of hydrogen-bond donors (Lipinski definition) is 2. The Morgan fingerprint density at radius 1 is 1.42 bits per heavy atom. The van der Waals surface area contributed by atoms with E-state index in [-0.39, 0.29) is 0 Å². The molecule has 0 bridgehead atoms. The SMILES string of the molecule is Cc1ncsc1CNCC1NCCc2ccccc21. The standard InChI is InChI=1S/C15H19N3S/c1-11-15(19-10-18-11)9-16-8-14-13-5-3-2-4-12(13)6-7-17-14/h2-5,10,14,16-17H,6-9H2,1H3. The molecule has 1 aliphatic rings. The van der Waals surface area contributed by atoms with Crippen molar-refractivity contribution in [2.75, 3.05) is 13.1 Å². The van der Waals surface area contributed by atoms with Gasteiger partial charge in [-0.3, -0.25) is 0 Å². The Hall–Kier alpha value is -1.23. The van der Waals surface area contributed by atoms with E-state index in [1.54, 1.807) is 11.3 Å². The van der Waals surface area contributed by atoms with E-state index < -0.39 is 0 Å². The summed E-state index contributed by atoms with van der Waals surface area (Å²) in [5.74, 6) is 0. The molecule has 0 saturated carbocycles. The lowest BCUT2D eigenvalue weighted by Gasteiger charge is -2.27. The van der Waals surface area contributed by atoms with Crippen molar-refractivity contribution in [1.29, 1.82) is 0 Å². The van der Waals surface area contributed by atoms with Gasteiger partial charge in [-0.2, -0.15) is 0 Å². The molecule has 0 radical (unpaired) electrons. The molecular formula is C15H19N3S. The molecule has 1 atom stereocenters. The second kappa shape index (κ2) is 5.82. The van der Waals surface area contributed by atoms with Crippen molar-refractivity contribution >= 4 is 11.3 Å². The smallest absolute Gasteiger partial charge is 0.0798 e. The normalized spacial score (nSPS) is 18.3. The van der Waals surface area contributed by atoms with Crippen LogP contribution in [0.25, 0.3) is 0 Å². The van der Waals surface area contributed by atoms with Crippen molar-refractivity contribution in [3.8, 4) is 0 Å². The van der Waals surface area contributed by atoms with Crippen LogP contribution in [-0.2, 0) is 13.0 Å². The van der Waals surface area contributed by atoms with Crippen LogP contribution in [0.1, 0.15) is 27.7 Å². The van der Waals surface area contributed by atoms with E-state index in [2.05, 4.69) is 46.8 Å². The lowest BCUT2D eigenvalue weighted by molar-refractivity contribution is 0.469. The predicted molar refractivity (Wildman–Crippen MR) is 79.4 cm³/mol. The summed E-state index contributed by atoms with van der Waals surface area (Å²) in [5.41, 5.74) is 6.00. The van der Waals surface area contributed by atoms with Gasteiger partial charge in [0, 0.05) is 24.0 Å². The van der Waals surface area contributed by atoms with Gasteiger partial charge in [-0.25, -0.2) is 4.98 Å². The van der Waals surface area contributed by atoms with Crippen LogP contribution in [0.15, 0.2) is 29.8 Å². The summed E-state index contributed by atoms with van der Waals surface area (Å²) in [5, 5.41) is 7.14. The highest BCUT2D eigenvalue weighted by Gasteiger charge is 2.18. The Balaban J connectivity index is 1.61. The number of rotatable bonds is 4. The van der Waals surface area contributed by atoms with Gasteiger partial charge in [0.15, 0.2) is 0 Å². The van der Waals surface area contributed by atoms with Crippen LogP contribution in [0.3, 0.4) is 0 Å². The van der Waals surface area contributed by atoms with Crippen LogP contribution in [0.5, 0.6) is 0 Å². The summed E-state index contributed by atoms with van der Waals surface area (Å²) < 4.78 is 0. The van der Waals surface area contributed by atoms with E-state index in [0.717, 1.165) is 31.7 Å². The lowest BCUT2D eigenvalue weighted by atomic mass is 9.94. The maximum Gasteiger partial charge on any atom is 0.0798 e. The molecule has 3 nitrogen and oxygen atoms in total. The monoisotopic (exact) mass is 273 g/mol. The van der Waals surface area contributed by atoms with Crippen molar-refractivity contribution in [3.63, 3.8) is 0 Å². The Bertz CT molecular complexity index is 550. The molecule has 100 valence electrons. The van der Waals surface area contributed by atoms with Crippen LogP contribution in [-0.4, -0.2) is 18.1 Å². The molecule has 3 rings (SSSR count). The molecule has 2 aromatic rings. The Labute approximate surface area is 118 Å². The third-order valence-electron chi connectivity index (χ3n) is 3.69. The van der Waals surface area contributed by atoms with Gasteiger partial charge in [-0.1, -0.05) is 24.3 Å². The first kappa shape index (κ1) is 12.8. The minimum atomic E-state index is 0.429. The number of nitrogens with one attached hydrogen (secondary N) is 2. The van der Waals surface area contributed by atoms with Crippen LogP contribution in [0.2, 0.25) is 0 Å². The van der Waals surface area contributed by atoms with Crippen molar-refractivity contribution < 1.29 is 0 Å². The zero-order valence-corrected chi connectivity index (χ0v) is 12.0. The van der Waals surface area contributed by atoms with Crippen molar-refractivity contribution in [3.05, 3.63) is 51.5 Å². The van der Waals surface area contributed by atoms with E-state index >= 15 is 0 Å². The van der Waals surface area contributed by atoms with E-state index in [0.29, 0.717) is 6.04 Å². The first-order chi connectivity index (χ1) is 9.34. The summed E-state index contributed by atoms with van der Waals surface area (Å²) in [4.78, 5) is 5.62. The van der Waals surface area contributed by atoms with Crippen molar-refractivity contribution in [2.45, 2.75) is 25.9 Å². The average Bonchev–Trinajstić information content (AvgIpc) is 2.85. The molecule has 2 heterocycles. The predicted octanol–water partition coefficient (Wildman–Crippen LogP) is 2.43. The number of aryl methyl sites for hydroxylation is 1. The number of benzene rings is 1. The van der Waals surface area contributed by atoms with Gasteiger partial charge in [-0.15, -0.1) is 11.3 Å². The molecule has 4 heteroatoms. The molecule has 0 aliphatic carbocycles. The van der Waals surface area contributed by atoms with E-state index in [9.17, 15) is 0 Å². The van der Waals surface area contributed by atoms with Gasteiger partial charge in [-0.05, 0) is 31.0 Å². The minimum absolute atomic E-state index is 0.429.